The van der Waals surface area contributed by atoms with E-state index in [-0.39, 0.29) is 6.99 Å². The van der Waals surface area contributed by atoms with Gasteiger partial charge in [-0.3, -0.25) is 0 Å². The van der Waals surface area contributed by atoms with Crippen LogP contribution < -0.4 is 0 Å². The maximum atomic E-state index is 13.3. The van der Waals surface area contributed by atoms with Crippen molar-refractivity contribution in [3.8, 4) is 11.1 Å². The molecule has 0 aliphatic heterocycles. The SMILES string of the molecule is Fc1c[c]cc(F)c1-c1ccccc1.[H+]. The van der Waals surface area contributed by atoms with Crippen LogP contribution in [0.25, 0.3) is 11.1 Å². The number of rotatable bonds is 1. The molecule has 0 aromatic heterocycles. The van der Waals surface area contributed by atoms with E-state index in [4.69, 9.17) is 0 Å². The van der Waals surface area contributed by atoms with Crippen LogP contribution in [0, 0.1) is 17.7 Å². The van der Waals surface area contributed by atoms with Gasteiger partial charge in [0.1, 0.15) is 11.6 Å². The van der Waals surface area contributed by atoms with Crippen molar-refractivity contribution in [3.63, 3.8) is 0 Å². The van der Waals surface area contributed by atoms with E-state index in [1.54, 1.807) is 30.3 Å². The molecule has 0 spiro atoms. The largest absolute Gasteiger partial charge is 1.00 e. The molecule has 0 N–H and O–H groups in total. The zero-order valence-electron chi connectivity index (χ0n) is 8.30. The van der Waals surface area contributed by atoms with Crippen LogP contribution >= 0.6 is 0 Å². The Balaban J connectivity index is 0.00000112. The van der Waals surface area contributed by atoms with Crippen molar-refractivity contribution in [1.82, 2.24) is 0 Å². The average Bonchev–Trinajstić information content (AvgIpc) is 2.19. The van der Waals surface area contributed by atoms with Gasteiger partial charge in [-0.2, -0.15) is 0 Å². The maximum Gasteiger partial charge on any atom is 1.00 e. The summed E-state index contributed by atoms with van der Waals surface area (Å²) >= 11 is 0. The number of halogens is 2. The molecule has 0 atom stereocenters. The minimum atomic E-state index is -0.587. The highest BCUT2D eigenvalue weighted by molar-refractivity contribution is 5.64. The lowest BCUT2D eigenvalue weighted by Gasteiger charge is -2.03. The van der Waals surface area contributed by atoms with E-state index < -0.39 is 11.6 Å². The zero-order chi connectivity index (χ0) is 9.97. The summed E-state index contributed by atoms with van der Waals surface area (Å²) in [5.41, 5.74) is 0.542. The molecule has 2 rings (SSSR count). The van der Waals surface area contributed by atoms with Gasteiger partial charge in [0.15, 0.2) is 0 Å². The summed E-state index contributed by atoms with van der Waals surface area (Å²) in [4.78, 5) is 0. The van der Waals surface area contributed by atoms with Crippen molar-refractivity contribution >= 4 is 0 Å². The first-order chi connectivity index (χ1) is 6.79. The van der Waals surface area contributed by atoms with Crippen LogP contribution in [0.15, 0.2) is 42.5 Å². The first-order valence-corrected chi connectivity index (χ1v) is 4.19. The van der Waals surface area contributed by atoms with Crippen molar-refractivity contribution < 1.29 is 10.2 Å². The standard InChI is InChI=1S/C12H7F2/c13-10-7-4-8-11(14)12(10)9-5-2-1-3-6-9/h1-3,5-8H/p+1. The van der Waals surface area contributed by atoms with Crippen molar-refractivity contribution in [2.24, 2.45) is 0 Å². The van der Waals surface area contributed by atoms with Crippen LogP contribution in [-0.4, -0.2) is 0 Å². The average molecular weight is 190 g/mol. The van der Waals surface area contributed by atoms with Gasteiger partial charge < -0.3 is 0 Å². The molecule has 0 nitrogen and oxygen atoms in total. The molecule has 0 aliphatic carbocycles. The zero-order valence-corrected chi connectivity index (χ0v) is 7.30. The summed E-state index contributed by atoms with van der Waals surface area (Å²) in [5, 5.41) is 0. The fraction of sp³-hybridized carbons (Fsp3) is 0. The van der Waals surface area contributed by atoms with E-state index in [1.807, 2.05) is 0 Å². The molecule has 69 valence electrons. The Morgan fingerprint density at radius 3 is 2.07 bits per heavy atom. The van der Waals surface area contributed by atoms with Gasteiger partial charge >= 0.3 is 1.43 Å². The first-order valence-electron chi connectivity index (χ1n) is 4.19. The highest BCUT2D eigenvalue weighted by Crippen LogP contribution is 2.24. The quantitative estimate of drug-likeness (QED) is 0.645. The molecule has 1 radical (unpaired) electrons. The third kappa shape index (κ3) is 1.51. The van der Waals surface area contributed by atoms with Gasteiger partial charge in [-0.1, -0.05) is 30.3 Å². The van der Waals surface area contributed by atoms with Crippen LogP contribution in [0.2, 0.25) is 0 Å². The van der Waals surface area contributed by atoms with Crippen molar-refractivity contribution in [1.29, 1.82) is 0 Å². The van der Waals surface area contributed by atoms with E-state index in [0.29, 0.717) is 5.56 Å². The van der Waals surface area contributed by atoms with Crippen LogP contribution in [-0.2, 0) is 0 Å². The molecule has 0 bridgehead atoms. The molecule has 2 aromatic rings. The van der Waals surface area contributed by atoms with E-state index >= 15 is 0 Å². The number of benzene rings is 2. The predicted molar refractivity (Wildman–Crippen MR) is 51.7 cm³/mol. The fourth-order valence-electron chi connectivity index (χ4n) is 1.33. The summed E-state index contributed by atoms with van der Waals surface area (Å²) < 4.78 is 26.5. The Hall–Kier alpha value is -1.70. The number of hydrogen-bond donors (Lipinski definition) is 0. The minimum Gasteiger partial charge on any atom is -0.206 e. The summed E-state index contributed by atoms with van der Waals surface area (Å²) in [6.07, 6.45) is 0. The Labute approximate surface area is 82.3 Å². The Morgan fingerprint density at radius 1 is 0.929 bits per heavy atom. The predicted octanol–water partition coefficient (Wildman–Crippen LogP) is 3.54. The second-order valence-corrected chi connectivity index (χ2v) is 2.89. The Kier molecular flexibility index (Phi) is 2.27. The lowest BCUT2D eigenvalue weighted by molar-refractivity contribution is 0.589. The molecule has 14 heavy (non-hydrogen) atoms. The molecule has 0 saturated heterocycles. The normalized spacial score (nSPS) is 10.1. The number of hydrogen-bond acceptors (Lipinski definition) is 0. The smallest absolute Gasteiger partial charge is 0.206 e. The van der Waals surface area contributed by atoms with Crippen molar-refractivity contribution in [2.75, 3.05) is 0 Å². The third-order valence-corrected chi connectivity index (χ3v) is 1.96. The molecule has 0 aliphatic rings. The van der Waals surface area contributed by atoms with Crippen molar-refractivity contribution in [2.45, 2.75) is 0 Å². The summed E-state index contributed by atoms with van der Waals surface area (Å²) in [6.45, 7) is 0. The Bertz CT molecular complexity index is 420. The van der Waals surface area contributed by atoms with Crippen molar-refractivity contribution in [3.05, 3.63) is 60.2 Å². The maximum absolute atomic E-state index is 13.3. The van der Waals surface area contributed by atoms with Gasteiger partial charge in [0.05, 0.1) is 5.56 Å². The third-order valence-electron chi connectivity index (χ3n) is 1.96. The highest BCUT2D eigenvalue weighted by atomic mass is 19.1. The fourth-order valence-corrected chi connectivity index (χ4v) is 1.33. The van der Waals surface area contributed by atoms with Crippen LogP contribution in [0.3, 0.4) is 0 Å². The van der Waals surface area contributed by atoms with E-state index in [0.717, 1.165) is 12.1 Å². The summed E-state index contributed by atoms with van der Waals surface area (Å²) in [7, 11) is 0. The molecular weight excluding hydrogens is 182 g/mol. The topological polar surface area (TPSA) is 0 Å². The molecule has 2 aromatic carbocycles. The molecule has 0 saturated carbocycles. The lowest BCUT2D eigenvalue weighted by atomic mass is 10.0. The van der Waals surface area contributed by atoms with Gasteiger partial charge in [0.2, 0.25) is 0 Å². The minimum absolute atomic E-state index is 0. The molecule has 0 unspecified atom stereocenters. The van der Waals surface area contributed by atoms with Gasteiger partial charge in [0.25, 0.3) is 0 Å². The highest BCUT2D eigenvalue weighted by Gasteiger charge is 2.09. The second kappa shape index (κ2) is 3.58. The first kappa shape index (κ1) is 8.88. The van der Waals surface area contributed by atoms with E-state index in [9.17, 15) is 8.78 Å². The molecule has 2 heteroatoms. The van der Waals surface area contributed by atoms with Gasteiger partial charge in [-0.05, 0) is 23.8 Å². The molecule has 0 fully saturated rings. The monoisotopic (exact) mass is 190 g/mol. The molecule has 0 heterocycles. The van der Waals surface area contributed by atoms with Gasteiger partial charge in [-0.15, -0.1) is 0 Å². The van der Waals surface area contributed by atoms with Gasteiger partial charge in [0, 0.05) is 0 Å². The Morgan fingerprint density at radius 2 is 1.50 bits per heavy atom. The summed E-state index contributed by atoms with van der Waals surface area (Å²) in [6, 6.07) is 13.3. The van der Waals surface area contributed by atoms with E-state index in [2.05, 4.69) is 6.07 Å². The second-order valence-electron chi connectivity index (χ2n) is 2.89. The van der Waals surface area contributed by atoms with Crippen LogP contribution in [0.4, 0.5) is 8.78 Å². The molecular formula is C12H8F2+. The molecule has 0 amide bonds. The lowest BCUT2D eigenvalue weighted by Crippen LogP contribution is -1.88. The van der Waals surface area contributed by atoms with Crippen LogP contribution in [0.5, 0.6) is 0 Å². The summed E-state index contributed by atoms with van der Waals surface area (Å²) in [5.74, 6) is -1.17. The van der Waals surface area contributed by atoms with E-state index in [1.165, 1.54) is 0 Å². The van der Waals surface area contributed by atoms with Gasteiger partial charge in [-0.25, -0.2) is 8.78 Å². The van der Waals surface area contributed by atoms with Crippen LogP contribution in [0.1, 0.15) is 1.43 Å².